The van der Waals surface area contributed by atoms with Crippen molar-refractivity contribution < 1.29 is 13.2 Å². The SMILES string of the molecule is Fc1ccc(N2CCN(c3n[nH]c4cc(F)cc(F)c34)C3(CC3)C2)nc1. The molecule has 2 aromatic heterocycles. The number of aromatic amines is 1. The number of fused-ring (bicyclic) bond motifs is 1. The van der Waals surface area contributed by atoms with Gasteiger partial charge in [0, 0.05) is 25.7 Å². The molecular formula is C18H16F3N5. The number of anilines is 2. The summed E-state index contributed by atoms with van der Waals surface area (Å²) in [6.07, 6.45) is 3.14. The first-order chi connectivity index (χ1) is 12.6. The Labute approximate surface area is 147 Å². The van der Waals surface area contributed by atoms with Gasteiger partial charge in [0.25, 0.3) is 0 Å². The molecule has 2 fully saturated rings. The standard InChI is InChI=1S/C18H16F3N5/c19-11-1-2-15(22-9-11)25-5-6-26(18(10-25)3-4-18)17-16-13(21)7-12(20)8-14(16)23-24-17/h1-2,7-9H,3-6,10H2,(H,23,24). The highest BCUT2D eigenvalue weighted by Gasteiger charge is 2.52. The van der Waals surface area contributed by atoms with Crippen LogP contribution in [-0.4, -0.2) is 40.4 Å². The molecule has 26 heavy (non-hydrogen) atoms. The molecule has 3 aromatic rings. The molecule has 3 heterocycles. The van der Waals surface area contributed by atoms with Gasteiger partial charge in [0.1, 0.15) is 23.3 Å². The summed E-state index contributed by atoms with van der Waals surface area (Å²) < 4.78 is 40.9. The molecule has 1 aromatic carbocycles. The molecule has 2 aliphatic rings. The van der Waals surface area contributed by atoms with Crippen molar-refractivity contribution in [1.82, 2.24) is 15.2 Å². The molecule has 0 radical (unpaired) electrons. The first-order valence-corrected chi connectivity index (χ1v) is 8.53. The number of H-pyrrole nitrogens is 1. The molecule has 134 valence electrons. The number of piperazine rings is 1. The number of rotatable bonds is 2. The van der Waals surface area contributed by atoms with Gasteiger partial charge >= 0.3 is 0 Å². The molecule has 0 bridgehead atoms. The van der Waals surface area contributed by atoms with Gasteiger partial charge in [-0.15, -0.1) is 0 Å². The van der Waals surface area contributed by atoms with E-state index in [9.17, 15) is 13.2 Å². The monoisotopic (exact) mass is 359 g/mol. The van der Waals surface area contributed by atoms with Crippen molar-refractivity contribution in [2.24, 2.45) is 0 Å². The van der Waals surface area contributed by atoms with Crippen molar-refractivity contribution >= 4 is 22.5 Å². The number of hydrogen-bond acceptors (Lipinski definition) is 4. The van der Waals surface area contributed by atoms with Crippen LogP contribution >= 0.6 is 0 Å². The minimum Gasteiger partial charge on any atom is -0.352 e. The van der Waals surface area contributed by atoms with E-state index < -0.39 is 11.6 Å². The molecule has 0 atom stereocenters. The summed E-state index contributed by atoms with van der Waals surface area (Å²) >= 11 is 0. The van der Waals surface area contributed by atoms with Crippen LogP contribution in [0.25, 0.3) is 10.9 Å². The van der Waals surface area contributed by atoms with E-state index in [0.29, 0.717) is 36.4 Å². The number of nitrogens with zero attached hydrogens (tertiary/aromatic N) is 4. The van der Waals surface area contributed by atoms with Gasteiger partial charge in [-0.1, -0.05) is 0 Å². The fourth-order valence-corrected chi connectivity index (χ4v) is 3.88. The summed E-state index contributed by atoms with van der Waals surface area (Å²) in [5.74, 6) is -0.334. The third-order valence-electron chi connectivity index (χ3n) is 5.33. The van der Waals surface area contributed by atoms with Crippen LogP contribution in [0, 0.1) is 17.5 Å². The predicted molar refractivity (Wildman–Crippen MR) is 91.7 cm³/mol. The molecule has 1 N–H and O–H groups in total. The van der Waals surface area contributed by atoms with E-state index in [1.807, 2.05) is 0 Å². The summed E-state index contributed by atoms with van der Waals surface area (Å²) in [4.78, 5) is 8.40. The maximum Gasteiger partial charge on any atom is 0.161 e. The zero-order valence-corrected chi connectivity index (χ0v) is 13.8. The molecule has 1 saturated heterocycles. The van der Waals surface area contributed by atoms with Gasteiger partial charge in [0.15, 0.2) is 5.82 Å². The third-order valence-corrected chi connectivity index (χ3v) is 5.33. The summed E-state index contributed by atoms with van der Waals surface area (Å²) in [6, 6.07) is 5.22. The highest BCUT2D eigenvalue weighted by Crippen LogP contribution is 2.48. The van der Waals surface area contributed by atoms with Crippen LogP contribution in [0.3, 0.4) is 0 Å². The Morgan fingerprint density at radius 3 is 2.62 bits per heavy atom. The lowest BCUT2D eigenvalue weighted by atomic mass is 10.1. The van der Waals surface area contributed by atoms with Crippen molar-refractivity contribution in [3.05, 3.63) is 47.9 Å². The van der Waals surface area contributed by atoms with Crippen LogP contribution in [0.2, 0.25) is 0 Å². The van der Waals surface area contributed by atoms with E-state index in [1.165, 1.54) is 18.3 Å². The number of aromatic nitrogens is 3. The van der Waals surface area contributed by atoms with Crippen LogP contribution < -0.4 is 9.80 Å². The lowest BCUT2D eigenvalue weighted by Crippen LogP contribution is -2.55. The maximum absolute atomic E-state index is 14.4. The molecule has 1 spiro atoms. The Morgan fingerprint density at radius 1 is 1.04 bits per heavy atom. The summed E-state index contributed by atoms with van der Waals surface area (Å²) in [6.45, 7) is 2.01. The summed E-state index contributed by atoms with van der Waals surface area (Å²) in [5, 5.41) is 7.34. The summed E-state index contributed by atoms with van der Waals surface area (Å²) in [7, 11) is 0. The number of halogens is 3. The van der Waals surface area contributed by atoms with E-state index >= 15 is 0 Å². The second kappa shape index (κ2) is 5.36. The van der Waals surface area contributed by atoms with Gasteiger partial charge in [0.05, 0.1) is 22.6 Å². The molecule has 1 aliphatic carbocycles. The van der Waals surface area contributed by atoms with Gasteiger partial charge in [-0.3, -0.25) is 5.10 Å². The van der Waals surface area contributed by atoms with Gasteiger partial charge in [-0.05, 0) is 31.0 Å². The molecule has 0 amide bonds. The Bertz CT molecular complexity index is 980. The van der Waals surface area contributed by atoms with Crippen molar-refractivity contribution in [3.63, 3.8) is 0 Å². The third kappa shape index (κ3) is 2.32. The zero-order valence-electron chi connectivity index (χ0n) is 13.8. The topological polar surface area (TPSA) is 48.0 Å². The van der Waals surface area contributed by atoms with E-state index in [0.717, 1.165) is 24.7 Å². The van der Waals surface area contributed by atoms with Crippen LogP contribution in [0.1, 0.15) is 12.8 Å². The van der Waals surface area contributed by atoms with Crippen LogP contribution in [-0.2, 0) is 0 Å². The average molecular weight is 359 g/mol. The Kier molecular flexibility index (Phi) is 3.19. The van der Waals surface area contributed by atoms with E-state index in [4.69, 9.17) is 0 Å². The fraction of sp³-hybridized carbons (Fsp3) is 0.333. The minimum atomic E-state index is -0.626. The largest absolute Gasteiger partial charge is 0.352 e. The Hall–Kier alpha value is -2.77. The van der Waals surface area contributed by atoms with Gasteiger partial charge < -0.3 is 9.80 Å². The van der Waals surface area contributed by atoms with Crippen LogP contribution in [0.15, 0.2) is 30.5 Å². The second-order valence-electron chi connectivity index (χ2n) is 6.99. The van der Waals surface area contributed by atoms with Crippen LogP contribution in [0.5, 0.6) is 0 Å². The molecular weight excluding hydrogens is 343 g/mol. The number of hydrogen-bond donors (Lipinski definition) is 1. The Morgan fingerprint density at radius 2 is 1.88 bits per heavy atom. The van der Waals surface area contributed by atoms with Crippen molar-refractivity contribution in [2.45, 2.75) is 18.4 Å². The predicted octanol–water partition coefficient (Wildman–Crippen LogP) is 3.23. The van der Waals surface area contributed by atoms with Crippen molar-refractivity contribution in [1.29, 1.82) is 0 Å². The summed E-state index contributed by atoms with van der Waals surface area (Å²) in [5.41, 5.74) is 0.216. The van der Waals surface area contributed by atoms with Gasteiger partial charge in [-0.25, -0.2) is 18.2 Å². The number of benzene rings is 1. The van der Waals surface area contributed by atoms with Crippen molar-refractivity contribution in [3.8, 4) is 0 Å². The Balaban J connectivity index is 1.48. The van der Waals surface area contributed by atoms with E-state index in [1.54, 1.807) is 6.07 Å². The molecule has 1 saturated carbocycles. The quantitative estimate of drug-likeness (QED) is 0.763. The second-order valence-corrected chi connectivity index (χ2v) is 6.99. The van der Waals surface area contributed by atoms with Crippen molar-refractivity contribution in [2.75, 3.05) is 29.4 Å². The van der Waals surface area contributed by atoms with E-state index in [-0.39, 0.29) is 11.4 Å². The molecule has 1 aliphatic heterocycles. The first kappa shape index (κ1) is 15.5. The first-order valence-electron chi connectivity index (χ1n) is 8.53. The normalized spacial score (nSPS) is 18.7. The number of nitrogens with one attached hydrogen (secondary N) is 1. The van der Waals surface area contributed by atoms with Crippen LogP contribution in [0.4, 0.5) is 24.8 Å². The van der Waals surface area contributed by atoms with Gasteiger partial charge in [-0.2, -0.15) is 5.10 Å². The smallest absolute Gasteiger partial charge is 0.161 e. The van der Waals surface area contributed by atoms with E-state index in [2.05, 4.69) is 25.0 Å². The maximum atomic E-state index is 14.4. The average Bonchev–Trinajstić information content (AvgIpc) is 3.24. The fourth-order valence-electron chi connectivity index (χ4n) is 3.88. The molecule has 5 nitrogen and oxygen atoms in total. The molecule has 0 unspecified atom stereocenters. The minimum absolute atomic E-state index is 0.142. The highest BCUT2D eigenvalue weighted by molar-refractivity contribution is 5.91. The molecule has 8 heteroatoms. The zero-order chi connectivity index (χ0) is 17.9. The molecule has 5 rings (SSSR count). The number of pyridine rings is 1. The lowest BCUT2D eigenvalue weighted by molar-refractivity contribution is 0.501. The van der Waals surface area contributed by atoms with Gasteiger partial charge in [0.2, 0.25) is 0 Å². The highest BCUT2D eigenvalue weighted by atomic mass is 19.1. The lowest BCUT2D eigenvalue weighted by Gasteiger charge is -2.43.